The zero-order chi connectivity index (χ0) is 17.9. The lowest BCUT2D eigenvalue weighted by Crippen LogP contribution is -2.18. The van der Waals surface area contributed by atoms with Gasteiger partial charge in [0.15, 0.2) is 11.0 Å². The second kappa shape index (κ2) is 6.96. The van der Waals surface area contributed by atoms with E-state index < -0.39 is 0 Å². The maximum Gasteiger partial charge on any atom is 0.275 e. The molecule has 0 aliphatic carbocycles. The van der Waals surface area contributed by atoms with Crippen LogP contribution in [0.4, 0.5) is 0 Å². The number of aromatic nitrogens is 4. The molecule has 3 aromatic rings. The summed E-state index contributed by atoms with van der Waals surface area (Å²) < 4.78 is 7.65. The predicted molar refractivity (Wildman–Crippen MR) is 96.9 cm³/mol. The second-order valence-electron chi connectivity index (χ2n) is 5.43. The van der Waals surface area contributed by atoms with Gasteiger partial charge in [-0.2, -0.15) is 0 Å². The molecule has 1 aliphatic rings. The minimum Gasteiger partial charge on any atom is -0.440 e. The quantitative estimate of drug-likeness (QED) is 0.711. The second-order valence-corrected chi connectivity index (χ2v) is 6.38. The molecule has 1 aliphatic heterocycles. The zero-order valence-electron chi connectivity index (χ0n) is 13.8. The van der Waals surface area contributed by atoms with Gasteiger partial charge in [-0.05, 0) is 24.3 Å². The number of amides is 1. The first-order valence-electron chi connectivity index (χ1n) is 7.79. The van der Waals surface area contributed by atoms with Gasteiger partial charge < -0.3 is 9.30 Å². The maximum absolute atomic E-state index is 12.0. The molecule has 1 N–H and O–H groups in total. The van der Waals surface area contributed by atoms with E-state index in [1.807, 2.05) is 29.8 Å². The Kier molecular flexibility index (Phi) is 4.36. The summed E-state index contributed by atoms with van der Waals surface area (Å²) in [6, 6.07) is 10.8. The minimum absolute atomic E-state index is 0.292. The lowest BCUT2D eigenvalue weighted by molar-refractivity contribution is 0.0955. The minimum atomic E-state index is -0.292. The SMILES string of the molecule is Cn1c(SCC2=NNC(=O)c3ccccc3O2)nnc1-c1ccncc1. The van der Waals surface area contributed by atoms with E-state index in [-0.39, 0.29) is 5.91 Å². The van der Waals surface area contributed by atoms with Crippen molar-refractivity contribution in [3.63, 3.8) is 0 Å². The topological polar surface area (TPSA) is 94.3 Å². The molecule has 0 atom stereocenters. The Balaban J connectivity index is 1.50. The zero-order valence-corrected chi connectivity index (χ0v) is 14.6. The summed E-state index contributed by atoms with van der Waals surface area (Å²) in [5, 5.41) is 13.2. The molecule has 9 heteroatoms. The Morgan fingerprint density at radius 1 is 1.15 bits per heavy atom. The number of rotatable bonds is 4. The molecule has 0 fully saturated rings. The monoisotopic (exact) mass is 366 g/mol. The molecule has 4 rings (SSSR count). The molecule has 130 valence electrons. The molecule has 1 amide bonds. The van der Waals surface area contributed by atoms with Crippen molar-refractivity contribution in [1.29, 1.82) is 0 Å². The molecule has 0 bridgehead atoms. The number of carbonyl (C=O) groups excluding carboxylic acids is 1. The third-order valence-corrected chi connectivity index (χ3v) is 4.74. The maximum atomic E-state index is 12.0. The van der Waals surface area contributed by atoms with Crippen LogP contribution in [0.15, 0.2) is 59.0 Å². The van der Waals surface area contributed by atoms with Crippen LogP contribution in [0.3, 0.4) is 0 Å². The number of hydrogen-bond donors (Lipinski definition) is 1. The van der Waals surface area contributed by atoms with Crippen molar-refractivity contribution in [3.8, 4) is 17.1 Å². The van der Waals surface area contributed by atoms with Crippen LogP contribution >= 0.6 is 11.8 Å². The number of pyridine rings is 1. The molecule has 0 unspecified atom stereocenters. The van der Waals surface area contributed by atoms with Crippen LogP contribution in [-0.4, -0.2) is 37.3 Å². The molecule has 0 saturated heterocycles. The van der Waals surface area contributed by atoms with E-state index in [4.69, 9.17) is 4.74 Å². The standard InChI is InChI=1S/C17H14N6O2S/c1-23-15(11-6-8-18-9-7-11)20-22-17(23)26-10-14-19-21-16(24)12-4-2-3-5-13(12)25-14/h2-9H,10H2,1H3,(H,21,24). The Morgan fingerprint density at radius 2 is 1.96 bits per heavy atom. The summed E-state index contributed by atoms with van der Waals surface area (Å²) in [5.41, 5.74) is 3.88. The van der Waals surface area contributed by atoms with Crippen molar-refractivity contribution in [1.82, 2.24) is 25.2 Å². The van der Waals surface area contributed by atoms with Gasteiger partial charge in [-0.25, -0.2) is 5.43 Å². The van der Waals surface area contributed by atoms with Crippen molar-refractivity contribution in [3.05, 3.63) is 54.4 Å². The molecule has 0 radical (unpaired) electrons. The number of hydrazone groups is 1. The van der Waals surface area contributed by atoms with E-state index in [0.717, 1.165) is 11.4 Å². The number of ether oxygens (including phenoxy) is 1. The fourth-order valence-electron chi connectivity index (χ4n) is 2.45. The largest absolute Gasteiger partial charge is 0.440 e. The van der Waals surface area contributed by atoms with Gasteiger partial charge in [-0.15, -0.1) is 15.3 Å². The lowest BCUT2D eigenvalue weighted by atomic mass is 10.2. The Bertz CT molecular complexity index is 986. The van der Waals surface area contributed by atoms with Gasteiger partial charge in [0, 0.05) is 25.0 Å². The highest BCUT2D eigenvalue weighted by Crippen LogP contribution is 2.24. The molecular weight excluding hydrogens is 352 g/mol. The van der Waals surface area contributed by atoms with E-state index in [2.05, 4.69) is 25.7 Å². The number of thioether (sulfide) groups is 1. The average molecular weight is 366 g/mol. The summed E-state index contributed by atoms with van der Waals surface area (Å²) in [7, 11) is 1.89. The molecule has 3 heterocycles. The number of hydrogen-bond acceptors (Lipinski definition) is 7. The first-order chi connectivity index (χ1) is 12.7. The number of fused-ring (bicyclic) bond motifs is 1. The smallest absolute Gasteiger partial charge is 0.275 e. The van der Waals surface area contributed by atoms with E-state index in [0.29, 0.717) is 28.1 Å². The summed E-state index contributed by atoms with van der Waals surface area (Å²) >= 11 is 1.42. The van der Waals surface area contributed by atoms with Gasteiger partial charge in [-0.1, -0.05) is 23.9 Å². The number of para-hydroxylation sites is 1. The number of benzene rings is 1. The van der Waals surface area contributed by atoms with Crippen LogP contribution < -0.4 is 10.2 Å². The van der Waals surface area contributed by atoms with Crippen molar-refractivity contribution in [2.24, 2.45) is 12.1 Å². The Labute approximate surface area is 153 Å². The highest BCUT2D eigenvalue weighted by atomic mass is 32.2. The summed E-state index contributed by atoms with van der Waals surface area (Å²) in [6.07, 6.45) is 3.43. The molecule has 0 spiro atoms. The number of nitrogens with one attached hydrogen (secondary N) is 1. The van der Waals surface area contributed by atoms with Gasteiger partial charge in [-0.3, -0.25) is 9.78 Å². The van der Waals surface area contributed by atoms with Crippen LogP contribution in [0.2, 0.25) is 0 Å². The van der Waals surface area contributed by atoms with Crippen LogP contribution in [-0.2, 0) is 7.05 Å². The molecule has 26 heavy (non-hydrogen) atoms. The summed E-state index contributed by atoms with van der Waals surface area (Å²) in [6.45, 7) is 0. The van der Waals surface area contributed by atoms with Gasteiger partial charge in [0.1, 0.15) is 5.75 Å². The third-order valence-electron chi connectivity index (χ3n) is 3.74. The Hall–Kier alpha value is -3.20. The first-order valence-corrected chi connectivity index (χ1v) is 8.77. The van der Waals surface area contributed by atoms with Crippen LogP contribution in [0, 0.1) is 0 Å². The first kappa shape index (κ1) is 16.3. The lowest BCUT2D eigenvalue weighted by Gasteiger charge is -2.07. The fraction of sp³-hybridized carbons (Fsp3) is 0.118. The molecule has 0 saturated carbocycles. The number of carbonyl (C=O) groups is 1. The van der Waals surface area contributed by atoms with Gasteiger partial charge in [0.2, 0.25) is 5.90 Å². The van der Waals surface area contributed by atoms with E-state index in [9.17, 15) is 4.79 Å². The van der Waals surface area contributed by atoms with Crippen LogP contribution in [0.5, 0.6) is 5.75 Å². The molecule has 2 aromatic heterocycles. The summed E-state index contributed by atoms with van der Waals surface area (Å²) in [4.78, 5) is 16.0. The molecular formula is C17H14N6O2S. The van der Waals surface area contributed by atoms with Crippen molar-refractivity contribution < 1.29 is 9.53 Å². The Morgan fingerprint density at radius 3 is 2.81 bits per heavy atom. The van der Waals surface area contributed by atoms with Crippen molar-refractivity contribution >= 4 is 23.6 Å². The van der Waals surface area contributed by atoms with Gasteiger partial charge >= 0.3 is 0 Å². The van der Waals surface area contributed by atoms with Crippen LogP contribution in [0.1, 0.15) is 10.4 Å². The van der Waals surface area contributed by atoms with E-state index >= 15 is 0 Å². The van der Waals surface area contributed by atoms with Crippen molar-refractivity contribution in [2.45, 2.75) is 5.16 Å². The highest BCUT2D eigenvalue weighted by molar-refractivity contribution is 7.99. The van der Waals surface area contributed by atoms with E-state index in [1.165, 1.54) is 11.8 Å². The fourth-order valence-corrected chi connectivity index (χ4v) is 3.20. The van der Waals surface area contributed by atoms with Crippen molar-refractivity contribution in [2.75, 3.05) is 5.75 Å². The highest BCUT2D eigenvalue weighted by Gasteiger charge is 2.19. The molecule has 1 aromatic carbocycles. The predicted octanol–water partition coefficient (Wildman–Crippen LogP) is 2.11. The average Bonchev–Trinajstić information content (AvgIpc) is 2.96. The van der Waals surface area contributed by atoms with Crippen LogP contribution in [0.25, 0.3) is 11.4 Å². The van der Waals surface area contributed by atoms with Gasteiger partial charge in [0.25, 0.3) is 5.91 Å². The van der Waals surface area contributed by atoms with E-state index in [1.54, 1.807) is 30.6 Å². The third kappa shape index (κ3) is 3.16. The number of nitrogens with zero attached hydrogens (tertiary/aromatic N) is 5. The molecule has 8 nitrogen and oxygen atoms in total. The van der Waals surface area contributed by atoms with Gasteiger partial charge in [0.05, 0.1) is 11.3 Å². The normalized spacial score (nSPS) is 13.3. The summed E-state index contributed by atoms with van der Waals surface area (Å²) in [5.74, 6) is 1.73.